The van der Waals surface area contributed by atoms with Gasteiger partial charge in [0.25, 0.3) is 0 Å². The van der Waals surface area contributed by atoms with Crippen molar-refractivity contribution in [2.45, 2.75) is 44.8 Å². The zero-order chi connectivity index (χ0) is 11.4. The highest BCUT2D eigenvalue weighted by Gasteiger charge is 2.29. The van der Waals surface area contributed by atoms with Crippen molar-refractivity contribution in [3.8, 4) is 0 Å². The number of ether oxygens (including phenoxy) is 1. The van der Waals surface area contributed by atoms with Crippen molar-refractivity contribution < 1.29 is 24.5 Å². The summed E-state index contributed by atoms with van der Waals surface area (Å²) in [5.74, 6) is -1.69. The molecule has 1 fully saturated rings. The van der Waals surface area contributed by atoms with Gasteiger partial charge >= 0.3 is 5.97 Å². The molecule has 1 aliphatic rings. The Labute approximate surface area is 88.0 Å². The molecule has 5 nitrogen and oxygen atoms in total. The van der Waals surface area contributed by atoms with Gasteiger partial charge in [0.15, 0.2) is 0 Å². The van der Waals surface area contributed by atoms with Crippen molar-refractivity contribution in [2.75, 3.05) is 0 Å². The molecule has 0 aromatic heterocycles. The Morgan fingerprint density at radius 2 is 2.07 bits per heavy atom. The van der Waals surface area contributed by atoms with Gasteiger partial charge in [0.2, 0.25) is 0 Å². The summed E-state index contributed by atoms with van der Waals surface area (Å²) in [6, 6.07) is 0. The molecule has 1 rings (SSSR count). The lowest BCUT2D eigenvalue weighted by Gasteiger charge is -2.32. The summed E-state index contributed by atoms with van der Waals surface area (Å²) in [6.45, 7) is 1.30. The highest BCUT2D eigenvalue weighted by atomic mass is 16.5. The minimum absolute atomic E-state index is 0.0885. The second kappa shape index (κ2) is 5.11. The molecule has 3 unspecified atom stereocenters. The summed E-state index contributed by atoms with van der Waals surface area (Å²) >= 11 is 0. The molecule has 0 radical (unpaired) electrons. The van der Waals surface area contributed by atoms with E-state index in [2.05, 4.69) is 0 Å². The van der Waals surface area contributed by atoms with E-state index in [-0.39, 0.29) is 18.4 Å². The van der Waals surface area contributed by atoms with E-state index in [0.717, 1.165) is 0 Å². The summed E-state index contributed by atoms with van der Waals surface area (Å²) in [5.41, 5.74) is 0. The summed E-state index contributed by atoms with van der Waals surface area (Å²) in [7, 11) is 0. The topological polar surface area (TPSA) is 86.7 Å². The third-order valence-corrected chi connectivity index (χ3v) is 2.52. The Balaban J connectivity index is 2.47. The van der Waals surface area contributed by atoms with Gasteiger partial charge in [-0.3, -0.25) is 4.79 Å². The van der Waals surface area contributed by atoms with Gasteiger partial charge in [-0.2, -0.15) is 0 Å². The Morgan fingerprint density at radius 1 is 1.40 bits per heavy atom. The van der Waals surface area contributed by atoms with Crippen LogP contribution in [-0.4, -0.2) is 29.3 Å². The minimum Gasteiger partial charge on any atom is -0.550 e. The van der Waals surface area contributed by atoms with E-state index in [9.17, 15) is 19.8 Å². The molecule has 86 valence electrons. The minimum atomic E-state index is -1.13. The van der Waals surface area contributed by atoms with Crippen LogP contribution in [0.5, 0.6) is 0 Å². The van der Waals surface area contributed by atoms with E-state index >= 15 is 0 Å². The van der Waals surface area contributed by atoms with Crippen molar-refractivity contribution in [2.24, 2.45) is 5.92 Å². The summed E-state index contributed by atoms with van der Waals surface area (Å²) in [6.07, 6.45) is 0.275. The van der Waals surface area contributed by atoms with Crippen molar-refractivity contribution in [1.82, 2.24) is 0 Å². The lowest BCUT2D eigenvalue weighted by atomic mass is 9.83. The third kappa shape index (κ3) is 4.29. The van der Waals surface area contributed by atoms with Crippen LogP contribution in [0.1, 0.15) is 32.6 Å². The smallest absolute Gasteiger partial charge is 0.302 e. The van der Waals surface area contributed by atoms with E-state index in [1.165, 1.54) is 6.92 Å². The number of aliphatic carboxylic acids is 1. The molecular formula is C10H15O5-. The Kier molecular flexibility index (Phi) is 4.08. The first-order valence-corrected chi connectivity index (χ1v) is 5.02. The number of carboxylic acids is 1. The van der Waals surface area contributed by atoms with Crippen LogP contribution in [0.15, 0.2) is 0 Å². The second-order valence-corrected chi connectivity index (χ2v) is 4.03. The van der Waals surface area contributed by atoms with Crippen molar-refractivity contribution in [1.29, 1.82) is 0 Å². The van der Waals surface area contributed by atoms with Gasteiger partial charge in [-0.15, -0.1) is 0 Å². The molecule has 0 heterocycles. The predicted molar refractivity (Wildman–Crippen MR) is 48.5 cm³/mol. The van der Waals surface area contributed by atoms with Crippen LogP contribution in [0.4, 0.5) is 0 Å². The van der Waals surface area contributed by atoms with Crippen molar-refractivity contribution >= 4 is 11.9 Å². The van der Waals surface area contributed by atoms with E-state index in [1.54, 1.807) is 0 Å². The highest BCUT2D eigenvalue weighted by molar-refractivity contribution is 5.66. The maximum atomic E-state index is 10.7. The first-order valence-electron chi connectivity index (χ1n) is 5.02. The van der Waals surface area contributed by atoms with E-state index < -0.39 is 18.0 Å². The highest BCUT2D eigenvalue weighted by Crippen LogP contribution is 2.28. The molecule has 0 aliphatic heterocycles. The number of rotatable bonds is 3. The molecular weight excluding hydrogens is 200 g/mol. The van der Waals surface area contributed by atoms with Gasteiger partial charge in [0.1, 0.15) is 6.10 Å². The van der Waals surface area contributed by atoms with Gasteiger partial charge in [-0.25, -0.2) is 0 Å². The molecule has 1 N–H and O–H groups in total. The summed E-state index contributed by atoms with van der Waals surface area (Å²) in [5, 5.41) is 19.9. The number of hydrogen-bond donors (Lipinski definition) is 1. The molecule has 0 aromatic carbocycles. The first-order chi connectivity index (χ1) is 6.97. The average Bonchev–Trinajstić information content (AvgIpc) is 1.98. The zero-order valence-electron chi connectivity index (χ0n) is 8.64. The standard InChI is InChI=1S/C10H16O5/c1-6(11)15-9-3-7(4-10(13)14)2-8(12)5-9/h7-9,12H,2-5H2,1H3,(H,13,14)/p-1. The largest absolute Gasteiger partial charge is 0.550 e. The molecule has 0 spiro atoms. The van der Waals surface area contributed by atoms with Gasteiger partial charge in [-0.05, 0) is 25.2 Å². The number of esters is 1. The van der Waals surface area contributed by atoms with Crippen LogP contribution in [0, 0.1) is 5.92 Å². The number of carboxylic acid groups (broad SMARTS) is 1. The maximum absolute atomic E-state index is 10.7. The van der Waals surface area contributed by atoms with Crippen LogP contribution in [0.25, 0.3) is 0 Å². The fourth-order valence-corrected chi connectivity index (χ4v) is 2.08. The quantitative estimate of drug-likeness (QED) is 0.624. The number of aliphatic hydroxyl groups excluding tert-OH is 1. The van der Waals surface area contributed by atoms with Crippen LogP contribution in [0.3, 0.4) is 0 Å². The molecule has 15 heavy (non-hydrogen) atoms. The van der Waals surface area contributed by atoms with E-state index in [1.807, 2.05) is 0 Å². The normalized spacial score (nSPS) is 30.9. The first kappa shape index (κ1) is 12.0. The van der Waals surface area contributed by atoms with E-state index in [0.29, 0.717) is 19.3 Å². The lowest BCUT2D eigenvalue weighted by Crippen LogP contribution is -2.35. The summed E-state index contributed by atoms with van der Waals surface area (Å²) in [4.78, 5) is 21.1. The predicted octanol–water partition coefficient (Wildman–Crippen LogP) is -0.781. The van der Waals surface area contributed by atoms with E-state index in [4.69, 9.17) is 4.74 Å². The maximum Gasteiger partial charge on any atom is 0.302 e. The number of carbonyl (C=O) groups is 2. The molecule has 0 saturated heterocycles. The van der Waals surface area contributed by atoms with Gasteiger partial charge in [0.05, 0.1) is 6.10 Å². The number of carbonyl (C=O) groups excluding carboxylic acids is 2. The van der Waals surface area contributed by atoms with Gasteiger partial charge in [0, 0.05) is 19.3 Å². The van der Waals surface area contributed by atoms with Gasteiger partial charge in [-0.1, -0.05) is 0 Å². The number of hydrogen-bond acceptors (Lipinski definition) is 5. The molecule has 0 aromatic rings. The molecule has 1 saturated carbocycles. The van der Waals surface area contributed by atoms with Crippen LogP contribution < -0.4 is 5.11 Å². The van der Waals surface area contributed by atoms with Crippen LogP contribution >= 0.6 is 0 Å². The lowest BCUT2D eigenvalue weighted by molar-refractivity contribution is -0.307. The molecule has 1 aliphatic carbocycles. The average molecular weight is 215 g/mol. The summed E-state index contributed by atoms with van der Waals surface area (Å²) < 4.78 is 4.96. The Bertz CT molecular complexity index is 226. The fourth-order valence-electron chi connectivity index (χ4n) is 2.08. The van der Waals surface area contributed by atoms with Crippen molar-refractivity contribution in [3.63, 3.8) is 0 Å². The monoisotopic (exact) mass is 215 g/mol. The zero-order valence-corrected chi connectivity index (χ0v) is 8.64. The van der Waals surface area contributed by atoms with Crippen LogP contribution in [-0.2, 0) is 14.3 Å². The van der Waals surface area contributed by atoms with Gasteiger partial charge < -0.3 is 19.7 Å². The van der Waals surface area contributed by atoms with Crippen molar-refractivity contribution in [3.05, 3.63) is 0 Å². The number of aliphatic hydroxyl groups is 1. The molecule has 0 amide bonds. The SMILES string of the molecule is CC(=O)OC1CC(O)CC(CC(=O)[O-])C1. The Morgan fingerprint density at radius 3 is 2.60 bits per heavy atom. The van der Waals surface area contributed by atoms with Crippen LogP contribution in [0.2, 0.25) is 0 Å². The molecule has 3 atom stereocenters. The molecule has 0 bridgehead atoms. The Hall–Kier alpha value is -1.10. The molecule has 5 heteroatoms. The fraction of sp³-hybridized carbons (Fsp3) is 0.800. The second-order valence-electron chi connectivity index (χ2n) is 4.03. The third-order valence-electron chi connectivity index (χ3n) is 2.52.